The summed E-state index contributed by atoms with van der Waals surface area (Å²) in [5.41, 5.74) is -0.0412. The van der Waals surface area contributed by atoms with E-state index in [0.29, 0.717) is 0 Å². The number of hydrogen-bond acceptors (Lipinski definition) is 2. The quantitative estimate of drug-likeness (QED) is 0.564. The van der Waals surface area contributed by atoms with Crippen molar-refractivity contribution in [2.24, 2.45) is 5.41 Å². The van der Waals surface area contributed by atoms with Gasteiger partial charge >= 0.3 is 0 Å². The van der Waals surface area contributed by atoms with Crippen LogP contribution in [0.15, 0.2) is 0 Å². The largest absolute Gasteiger partial charge is 0.377 e. The molecule has 1 saturated heterocycles. The molecule has 1 aliphatic carbocycles. The molecule has 1 unspecified atom stereocenters. The average Bonchev–Trinajstić information content (AvgIpc) is 2.86. The van der Waals surface area contributed by atoms with Gasteiger partial charge in [-0.2, -0.15) is 0 Å². The van der Waals surface area contributed by atoms with Gasteiger partial charge in [-0.25, -0.2) is 0 Å². The minimum absolute atomic E-state index is 0.0412. The molecule has 0 aromatic rings. The molecular formula is C9H14O2. The second-order valence-corrected chi connectivity index (χ2v) is 3.71. The summed E-state index contributed by atoms with van der Waals surface area (Å²) < 4.78 is 5.56. The zero-order valence-electron chi connectivity index (χ0n) is 6.71. The summed E-state index contributed by atoms with van der Waals surface area (Å²) in [7, 11) is 0. The van der Waals surface area contributed by atoms with Gasteiger partial charge in [-0.15, -0.1) is 0 Å². The summed E-state index contributed by atoms with van der Waals surface area (Å²) >= 11 is 0. The van der Waals surface area contributed by atoms with Crippen molar-refractivity contribution in [3.8, 4) is 0 Å². The minimum atomic E-state index is -0.0412. The lowest BCUT2D eigenvalue weighted by molar-refractivity contribution is -0.120. The lowest BCUT2D eigenvalue weighted by Gasteiger charge is -2.26. The lowest BCUT2D eigenvalue weighted by Crippen LogP contribution is -2.30. The molecule has 2 rings (SSSR count). The van der Waals surface area contributed by atoms with Crippen molar-refractivity contribution < 1.29 is 9.53 Å². The summed E-state index contributed by atoms with van der Waals surface area (Å²) in [5.74, 6) is 0. The van der Waals surface area contributed by atoms with Crippen molar-refractivity contribution in [3.05, 3.63) is 0 Å². The Bertz CT molecular complexity index is 155. The highest BCUT2D eigenvalue weighted by Gasteiger charge is 2.50. The smallest absolute Gasteiger partial charge is 0.128 e. The molecule has 2 fully saturated rings. The normalized spacial score (nSPS) is 34.7. The molecule has 0 aromatic carbocycles. The average molecular weight is 154 g/mol. The summed E-state index contributed by atoms with van der Waals surface area (Å²) in [6, 6.07) is 0. The first kappa shape index (κ1) is 7.29. The van der Waals surface area contributed by atoms with Crippen molar-refractivity contribution in [2.75, 3.05) is 6.61 Å². The van der Waals surface area contributed by atoms with Crippen molar-refractivity contribution >= 4 is 6.29 Å². The third kappa shape index (κ3) is 1.20. The molecule has 0 radical (unpaired) electrons. The van der Waals surface area contributed by atoms with Crippen LogP contribution in [0.25, 0.3) is 0 Å². The van der Waals surface area contributed by atoms with Gasteiger partial charge in [0, 0.05) is 6.61 Å². The maximum atomic E-state index is 10.7. The maximum Gasteiger partial charge on any atom is 0.128 e. The molecule has 0 spiro atoms. The van der Waals surface area contributed by atoms with E-state index < -0.39 is 0 Å². The van der Waals surface area contributed by atoms with Crippen LogP contribution in [0.3, 0.4) is 0 Å². The molecule has 1 saturated carbocycles. The Balaban J connectivity index is 1.97. The van der Waals surface area contributed by atoms with Gasteiger partial charge in [0.1, 0.15) is 6.29 Å². The summed E-state index contributed by atoms with van der Waals surface area (Å²) in [6.07, 6.45) is 6.99. The molecule has 0 N–H and O–H groups in total. The molecule has 1 aliphatic heterocycles. The van der Waals surface area contributed by atoms with E-state index in [2.05, 4.69) is 0 Å². The highest BCUT2D eigenvalue weighted by atomic mass is 16.5. The first-order chi connectivity index (χ1) is 5.37. The molecular weight excluding hydrogens is 140 g/mol. The fourth-order valence-electron chi connectivity index (χ4n) is 1.85. The van der Waals surface area contributed by atoms with E-state index in [9.17, 15) is 4.79 Å². The molecule has 2 aliphatic rings. The maximum absolute atomic E-state index is 10.7. The van der Waals surface area contributed by atoms with Gasteiger partial charge in [-0.1, -0.05) is 0 Å². The minimum Gasteiger partial charge on any atom is -0.377 e. The molecule has 11 heavy (non-hydrogen) atoms. The van der Waals surface area contributed by atoms with E-state index in [1.165, 1.54) is 12.8 Å². The SMILES string of the molecule is O=CC1(C2CCCCO2)CC1. The van der Waals surface area contributed by atoms with Gasteiger partial charge < -0.3 is 9.53 Å². The monoisotopic (exact) mass is 154 g/mol. The fraction of sp³-hybridized carbons (Fsp3) is 0.889. The van der Waals surface area contributed by atoms with E-state index >= 15 is 0 Å². The second-order valence-electron chi connectivity index (χ2n) is 3.71. The zero-order valence-corrected chi connectivity index (χ0v) is 6.71. The first-order valence-corrected chi connectivity index (χ1v) is 4.45. The Morgan fingerprint density at radius 1 is 1.36 bits per heavy atom. The summed E-state index contributed by atoms with van der Waals surface area (Å²) in [4.78, 5) is 10.7. The topological polar surface area (TPSA) is 26.3 Å². The van der Waals surface area contributed by atoms with Crippen LogP contribution in [-0.2, 0) is 9.53 Å². The molecule has 0 bridgehead atoms. The third-order valence-electron chi connectivity index (χ3n) is 2.88. The number of aldehydes is 1. The van der Waals surface area contributed by atoms with Crippen molar-refractivity contribution in [1.29, 1.82) is 0 Å². The van der Waals surface area contributed by atoms with Crippen molar-refractivity contribution in [1.82, 2.24) is 0 Å². The van der Waals surface area contributed by atoms with Crippen LogP contribution in [0, 0.1) is 5.41 Å². The van der Waals surface area contributed by atoms with Gasteiger partial charge in [0.2, 0.25) is 0 Å². The van der Waals surface area contributed by atoms with Gasteiger partial charge in [-0.3, -0.25) is 0 Å². The standard InChI is InChI=1S/C9H14O2/c10-7-9(4-5-9)8-3-1-2-6-11-8/h7-8H,1-6H2. The van der Waals surface area contributed by atoms with Crippen LogP contribution >= 0.6 is 0 Å². The Kier molecular flexibility index (Phi) is 1.72. The molecule has 62 valence electrons. The lowest BCUT2D eigenvalue weighted by atomic mass is 9.94. The van der Waals surface area contributed by atoms with Crippen molar-refractivity contribution in [3.63, 3.8) is 0 Å². The zero-order chi connectivity index (χ0) is 7.73. The number of rotatable bonds is 2. The Morgan fingerprint density at radius 3 is 2.64 bits per heavy atom. The van der Waals surface area contributed by atoms with Crippen LogP contribution in [0.2, 0.25) is 0 Å². The van der Waals surface area contributed by atoms with E-state index in [-0.39, 0.29) is 11.5 Å². The highest BCUT2D eigenvalue weighted by molar-refractivity contribution is 5.64. The van der Waals surface area contributed by atoms with Gasteiger partial charge in [0.25, 0.3) is 0 Å². The predicted octanol–water partition coefficient (Wildman–Crippen LogP) is 1.53. The van der Waals surface area contributed by atoms with Crippen molar-refractivity contribution in [2.45, 2.75) is 38.2 Å². The molecule has 0 amide bonds. The van der Waals surface area contributed by atoms with E-state index in [0.717, 1.165) is 32.2 Å². The number of ether oxygens (including phenoxy) is 1. The summed E-state index contributed by atoms with van der Waals surface area (Å²) in [5, 5.41) is 0. The molecule has 2 heteroatoms. The van der Waals surface area contributed by atoms with Crippen LogP contribution in [-0.4, -0.2) is 19.0 Å². The fourth-order valence-corrected chi connectivity index (χ4v) is 1.85. The van der Waals surface area contributed by atoms with Gasteiger partial charge in [0.05, 0.1) is 11.5 Å². The van der Waals surface area contributed by atoms with Crippen LogP contribution in [0.5, 0.6) is 0 Å². The van der Waals surface area contributed by atoms with Gasteiger partial charge in [0.15, 0.2) is 0 Å². The number of hydrogen-bond donors (Lipinski definition) is 0. The predicted molar refractivity (Wildman–Crippen MR) is 41.3 cm³/mol. The Hall–Kier alpha value is -0.370. The van der Waals surface area contributed by atoms with Crippen LogP contribution in [0.4, 0.5) is 0 Å². The van der Waals surface area contributed by atoms with E-state index in [1.54, 1.807) is 0 Å². The Labute approximate surface area is 66.9 Å². The van der Waals surface area contributed by atoms with Crippen LogP contribution < -0.4 is 0 Å². The number of carbonyl (C=O) groups is 1. The molecule has 1 atom stereocenters. The molecule has 2 nitrogen and oxygen atoms in total. The van der Waals surface area contributed by atoms with Gasteiger partial charge in [-0.05, 0) is 32.1 Å². The molecule has 0 aromatic heterocycles. The van der Waals surface area contributed by atoms with Crippen LogP contribution in [0.1, 0.15) is 32.1 Å². The second kappa shape index (κ2) is 2.59. The highest BCUT2D eigenvalue weighted by Crippen LogP contribution is 2.50. The molecule has 1 heterocycles. The number of carbonyl (C=O) groups excluding carboxylic acids is 1. The first-order valence-electron chi connectivity index (χ1n) is 4.45. The Morgan fingerprint density at radius 2 is 2.18 bits per heavy atom. The summed E-state index contributed by atoms with van der Waals surface area (Å²) in [6.45, 7) is 0.861. The third-order valence-corrected chi connectivity index (χ3v) is 2.88. The van der Waals surface area contributed by atoms with E-state index in [4.69, 9.17) is 4.74 Å². The van der Waals surface area contributed by atoms with E-state index in [1.807, 2.05) is 0 Å².